The van der Waals surface area contributed by atoms with E-state index >= 15 is 0 Å². The molecule has 1 N–H and O–H groups in total. The third-order valence-electron chi connectivity index (χ3n) is 1.79. The molecule has 74 valence electrons. The smallest absolute Gasteiger partial charge is 0.183 e. The summed E-state index contributed by atoms with van der Waals surface area (Å²) < 4.78 is 0.827. The molecule has 14 heavy (non-hydrogen) atoms. The summed E-state index contributed by atoms with van der Waals surface area (Å²) in [7, 11) is 0. The van der Waals surface area contributed by atoms with Crippen molar-refractivity contribution in [3.63, 3.8) is 0 Å². The molecule has 2 nitrogen and oxygen atoms in total. The van der Waals surface area contributed by atoms with Crippen molar-refractivity contribution >= 4 is 39.4 Å². The summed E-state index contributed by atoms with van der Waals surface area (Å²) in [6.45, 7) is 2.10. The van der Waals surface area contributed by atoms with Crippen molar-refractivity contribution in [2.75, 3.05) is 5.32 Å². The first kappa shape index (κ1) is 9.96. The fraction of sp³-hybridized carbons (Fsp3) is 0.222. The Morgan fingerprint density at radius 2 is 2.36 bits per heavy atom. The Bertz CT molecular complexity index is 397. The van der Waals surface area contributed by atoms with Gasteiger partial charge in [0.2, 0.25) is 0 Å². The van der Waals surface area contributed by atoms with Gasteiger partial charge in [0.05, 0.1) is 10.4 Å². The van der Waals surface area contributed by atoms with Gasteiger partial charge >= 0.3 is 0 Å². The predicted molar refractivity (Wildman–Crippen MR) is 63.5 cm³/mol. The van der Waals surface area contributed by atoms with Crippen molar-refractivity contribution in [2.24, 2.45) is 0 Å². The Kier molecular flexibility index (Phi) is 3.05. The Labute approximate surface area is 95.6 Å². The molecule has 0 amide bonds. The quantitative estimate of drug-likeness (QED) is 0.882. The van der Waals surface area contributed by atoms with Gasteiger partial charge in [0.25, 0.3) is 0 Å². The summed E-state index contributed by atoms with van der Waals surface area (Å²) in [6, 6.07) is 4.22. The molecule has 2 rings (SSSR count). The highest BCUT2D eigenvalue weighted by Gasteiger charge is 2.08. The van der Waals surface area contributed by atoms with Gasteiger partial charge in [-0.1, -0.05) is 11.6 Å². The number of hydrogen-bond donors (Lipinski definition) is 1. The van der Waals surface area contributed by atoms with Crippen LogP contribution >= 0.6 is 34.3 Å². The Morgan fingerprint density at radius 3 is 2.93 bits per heavy atom. The van der Waals surface area contributed by atoms with Crippen LogP contribution in [-0.2, 0) is 0 Å². The monoisotopic (exact) mass is 244 g/mol. The zero-order valence-corrected chi connectivity index (χ0v) is 9.92. The van der Waals surface area contributed by atoms with E-state index in [1.807, 2.05) is 17.5 Å². The van der Waals surface area contributed by atoms with Crippen molar-refractivity contribution in [3.8, 4) is 0 Å². The number of nitrogens with one attached hydrogen (secondary N) is 1. The van der Waals surface area contributed by atoms with Gasteiger partial charge in [-0.3, -0.25) is 0 Å². The van der Waals surface area contributed by atoms with Crippen LogP contribution in [0.1, 0.15) is 17.8 Å². The number of aromatic nitrogens is 1. The van der Waals surface area contributed by atoms with Crippen LogP contribution in [0, 0.1) is 0 Å². The molecule has 0 saturated heterocycles. The fourth-order valence-corrected chi connectivity index (χ4v) is 2.79. The first-order chi connectivity index (χ1) is 6.75. The number of rotatable bonds is 3. The number of nitrogens with zero attached hydrogens (tertiary/aromatic N) is 1. The minimum Gasteiger partial charge on any atom is -0.354 e. The largest absolute Gasteiger partial charge is 0.354 e. The lowest BCUT2D eigenvalue weighted by atomic mass is 10.3. The highest BCUT2D eigenvalue weighted by Crippen LogP contribution is 2.29. The van der Waals surface area contributed by atoms with Gasteiger partial charge in [-0.05, 0) is 19.1 Å². The summed E-state index contributed by atoms with van der Waals surface area (Å²) in [5.74, 6) is 0. The van der Waals surface area contributed by atoms with Gasteiger partial charge in [0, 0.05) is 16.5 Å². The second-order valence-corrected chi connectivity index (χ2v) is 5.49. The van der Waals surface area contributed by atoms with Crippen LogP contribution < -0.4 is 5.32 Å². The van der Waals surface area contributed by atoms with Gasteiger partial charge in [0.15, 0.2) is 5.13 Å². The van der Waals surface area contributed by atoms with Crippen molar-refractivity contribution in [1.82, 2.24) is 4.98 Å². The Hall–Kier alpha value is -0.580. The summed E-state index contributed by atoms with van der Waals surface area (Å²) in [5.41, 5.74) is 0. The zero-order chi connectivity index (χ0) is 9.97. The van der Waals surface area contributed by atoms with Gasteiger partial charge in [0.1, 0.15) is 0 Å². The van der Waals surface area contributed by atoms with Crippen LogP contribution in [0.2, 0.25) is 4.34 Å². The standard InChI is InChI=1S/C9H9ClN2S2/c1-6(7-2-3-8(10)14-7)12-9-11-4-5-13-9/h2-6H,1H3,(H,11,12). The molecule has 1 unspecified atom stereocenters. The molecule has 0 bridgehead atoms. The van der Waals surface area contributed by atoms with E-state index in [1.54, 1.807) is 28.9 Å². The van der Waals surface area contributed by atoms with E-state index in [1.165, 1.54) is 4.88 Å². The maximum Gasteiger partial charge on any atom is 0.183 e. The minimum absolute atomic E-state index is 0.263. The van der Waals surface area contributed by atoms with Crippen molar-refractivity contribution < 1.29 is 0 Å². The molecule has 5 heteroatoms. The lowest BCUT2D eigenvalue weighted by molar-refractivity contribution is 0.904. The molecule has 0 aliphatic carbocycles. The molecular formula is C9H9ClN2S2. The molecule has 0 fully saturated rings. The lowest BCUT2D eigenvalue weighted by Gasteiger charge is -2.09. The number of thiophene rings is 1. The number of hydrogen-bond acceptors (Lipinski definition) is 4. The number of halogens is 1. The van der Waals surface area contributed by atoms with E-state index in [-0.39, 0.29) is 6.04 Å². The molecule has 0 radical (unpaired) electrons. The molecule has 0 saturated carbocycles. The van der Waals surface area contributed by atoms with E-state index in [4.69, 9.17) is 11.6 Å². The van der Waals surface area contributed by atoms with Crippen LogP contribution in [0.3, 0.4) is 0 Å². The molecule has 0 aliphatic rings. The minimum atomic E-state index is 0.263. The van der Waals surface area contributed by atoms with E-state index in [0.717, 1.165) is 9.47 Å². The van der Waals surface area contributed by atoms with Crippen molar-refractivity contribution in [3.05, 3.63) is 32.9 Å². The number of thiazole rings is 1. The van der Waals surface area contributed by atoms with Crippen LogP contribution in [0.15, 0.2) is 23.7 Å². The maximum absolute atomic E-state index is 5.86. The third-order valence-corrected chi connectivity index (χ3v) is 3.91. The van der Waals surface area contributed by atoms with Crippen molar-refractivity contribution in [2.45, 2.75) is 13.0 Å². The Morgan fingerprint density at radius 1 is 1.50 bits per heavy atom. The zero-order valence-electron chi connectivity index (χ0n) is 7.53. The highest BCUT2D eigenvalue weighted by molar-refractivity contribution is 7.16. The lowest BCUT2D eigenvalue weighted by Crippen LogP contribution is -2.03. The SMILES string of the molecule is CC(Nc1nccs1)c1ccc(Cl)s1. The summed E-state index contributed by atoms with van der Waals surface area (Å²) in [6.07, 6.45) is 1.79. The molecule has 2 aromatic rings. The predicted octanol–water partition coefficient (Wildman–Crippen LogP) is 4.03. The summed E-state index contributed by atoms with van der Waals surface area (Å²) >= 11 is 9.06. The van der Waals surface area contributed by atoms with Gasteiger partial charge in [-0.15, -0.1) is 22.7 Å². The first-order valence-electron chi connectivity index (χ1n) is 4.17. The second-order valence-electron chi connectivity index (χ2n) is 2.85. The van der Waals surface area contributed by atoms with Gasteiger partial charge in [-0.2, -0.15) is 0 Å². The van der Waals surface area contributed by atoms with E-state index in [9.17, 15) is 0 Å². The van der Waals surface area contributed by atoms with Crippen molar-refractivity contribution in [1.29, 1.82) is 0 Å². The average Bonchev–Trinajstić information content (AvgIpc) is 2.75. The van der Waals surface area contributed by atoms with Crippen LogP contribution in [-0.4, -0.2) is 4.98 Å². The fourth-order valence-electron chi connectivity index (χ4n) is 1.11. The van der Waals surface area contributed by atoms with E-state index in [2.05, 4.69) is 17.2 Å². The van der Waals surface area contributed by atoms with Crippen LogP contribution in [0.25, 0.3) is 0 Å². The molecule has 0 aliphatic heterocycles. The summed E-state index contributed by atoms with van der Waals surface area (Å²) in [4.78, 5) is 5.39. The van der Waals surface area contributed by atoms with Crippen LogP contribution in [0.5, 0.6) is 0 Å². The maximum atomic E-state index is 5.86. The molecule has 1 atom stereocenters. The molecular weight excluding hydrogens is 236 g/mol. The molecule has 2 aromatic heterocycles. The average molecular weight is 245 g/mol. The van der Waals surface area contributed by atoms with Crippen LogP contribution in [0.4, 0.5) is 5.13 Å². The van der Waals surface area contributed by atoms with E-state index in [0.29, 0.717) is 0 Å². The number of anilines is 1. The molecule has 2 heterocycles. The van der Waals surface area contributed by atoms with Gasteiger partial charge in [-0.25, -0.2) is 4.98 Å². The second kappa shape index (κ2) is 4.29. The van der Waals surface area contributed by atoms with Gasteiger partial charge < -0.3 is 5.32 Å². The summed E-state index contributed by atoms with van der Waals surface area (Å²) in [5, 5.41) is 6.21. The molecule has 0 aromatic carbocycles. The molecule has 0 spiro atoms. The topological polar surface area (TPSA) is 24.9 Å². The Balaban J connectivity index is 2.06. The highest BCUT2D eigenvalue weighted by atomic mass is 35.5. The first-order valence-corrected chi connectivity index (χ1v) is 6.24. The third kappa shape index (κ3) is 2.26. The normalized spacial score (nSPS) is 12.7. The van der Waals surface area contributed by atoms with E-state index < -0.39 is 0 Å².